The van der Waals surface area contributed by atoms with Gasteiger partial charge in [0, 0.05) is 6.04 Å². The van der Waals surface area contributed by atoms with Gasteiger partial charge in [-0.1, -0.05) is 30.3 Å². The van der Waals surface area contributed by atoms with Crippen LogP contribution in [0.5, 0.6) is 0 Å². The second-order valence-electron chi connectivity index (χ2n) is 5.39. The molecule has 0 amide bonds. The van der Waals surface area contributed by atoms with Crippen LogP contribution in [0, 0.1) is 5.92 Å². The maximum absolute atomic E-state index is 9.60. The predicted octanol–water partition coefficient (Wildman–Crippen LogP) is 2.84. The van der Waals surface area contributed by atoms with Crippen molar-refractivity contribution in [3.8, 4) is 0 Å². The molecule has 1 aromatic rings. The first-order valence-corrected chi connectivity index (χ1v) is 6.58. The third-order valence-electron chi connectivity index (χ3n) is 3.89. The number of hydrogen-bond acceptors (Lipinski definition) is 2. The molecular weight excluding hydrogens is 210 g/mol. The van der Waals surface area contributed by atoms with E-state index < -0.39 is 0 Å². The molecule has 0 bridgehead atoms. The lowest BCUT2D eigenvalue weighted by molar-refractivity contribution is 0.0779. The lowest BCUT2D eigenvalue weighted by atomic mass is 9.79. The van der Waals surface area contributed by atoms with Gasteiger partial charge in [0.25, 0.3) is 0 Å². The number of benzene rings is 1. The number of aliphatic hydroxyl groups excluding tert-OH is 1. The van der Waals surface area contributed by atoms with Gasteiger partial charge in [-0.3, -0.25) is 0 Å². The van der Waals surface area contributed by atoms with Crippen LogP contribution in [-0.4, -0.2) is 30.2 Å². The maximum atomic E-state index is 9.60. The summed E-state index contributed by atoms with van der Waals surface area (Å²) in [6, 6.07) is 11.2. The summed E-state index contributed by atoms with van der Waals surface area (Å²) in [6.07, 6.45) is 4.13. The summed E-state index contributed by atoms with van der Waals surface area (Å²) in [5.74, 6) is 0.677. The highest BCUT2D eigenvalue weighted by Crippen LogP contribution is 2.37. The average Bonchev–Trinajstić information content (AvgIpc) is 2.33. The summed E-state index contributed by atoms with van der Waals surface area (Å²) < 4.78 is 0. The zero-order chi connectivity index (χ0) is 12.3. The van der Waals surface area contributed by atoms with Gasteiger partial charge in [0.15, 0.2) is 0 Å². The number of hydrogen-bond donors (Lipinski definition) is 1. The van der Waals surface area contributed by atoms with Crippen LogP contribution in [0.2, 0.25) is 0 Å². The largest absolute Gasteiger partial charge is 0.393 e. The summed E-state index contributed by atoms with van der Waals surface area (Å²) in [4.78, 5) is 2.32. The van der Waals surface area contributed by atoms with Crippen molar-refractivity contribution in [2.45, 2.75) is 37.8 Å². The monoisotopic (exact) mass is 233 g/mol. The highest BCUT2D eigenvalue weighted by atomic mass is 16.3. The molecule has 1 fully saturated rings. The van der Waals surface area contributed by atoms with Crippen molar-refractivity contribution in [3.05, 3.63) is 35.9 Å². The summed E-state index contributed by atoms with van der Waals surface area (Å²) in [5.41, 5.74) is 1.40. The van der Waals surface area contributed by atoms with Crippen molar-refractivity contribution in [1.29, 1.82) is 0 Å². The molecular formula is C15H23NO. The molecule has 1 N–H and O–H groups in total. The van der Waals surface area contributed by atoms with Crippen molar-refractivity contribution in [3.63, 3.8) is 0 Å². The van der Waals surface area contributed by atoms with Gasteiger partial charge in [-0.05, 0) is 51.3 Å². The van der Waals surface area contributed by atoms with Gasteiger partial charge in [0.2, 0.25) is 0 Å². The Bertz CT molecular complexity index is 328. The minimum Gasteiger partial charge on any atom is -0.393 e. The SMILES string of the molecule is CN(C)C(c1ccccc1)C1CCC(O)CC1. The normalized spacial score (nSPS) is 27.1. The third kappa shape index (κ3) is 3.08. The minimum atomic E-state index is -0.0650. The molecule has 0 heterocycles. The molecule has 0 spiro atoms. The topological polar surface area (TPSA) is 23.5 Å². The Morgan fingerprint density at radius 1 is 1.06 bits per heavy atom. The molecule has 1 atom stereocenters. The van der Waals surface area contributed by atoms with Gasteiger partial charge in [0.1, 0.15) is 0 Å². The molecule has 0 aromatic heterocycles. The van der Waals surface area contributed by atoms with Crippen LogP contribution in [0.1, 0.15) is 37.3 Å². The molecule has 2 heteroatoms. The Kier molecular flexibility index (Phi) is 4.19. The van der Waals surface area contributed by atoms with Crippen LogP contribution in [0.15, 0.2) is 30.3 Å². The quantitative estimate of drug-likeness (QED) is 0.867. The van der Waals surface area contributed by atoms with E-state index in [0.29, 0.717) is 12.0 Å². The van der Waals surface area contributed by atoms with Crippen molar-refractivity contribution in [2.75, 3.05) is 14.1 Å². The average molecular weight is 233 g/mol. The van der Waals surface area contributed by atoms with Crippen LogP contribution in [-0.2, 0) is 0 Å². The first-order chi connectivity index (χ1) is 8.18. The third-order valence-corrected chi connectivity index (χ3v) is 3.89. The summed E-state index contributed by atoms with van der Waals surface area (Å²) >= 11 is 0. The van der Waals surface area contributed by atoms with Gasteiger partial charge in [0.05, 0.1) is 6.10 Å². The lowest BCUT2D eigenvalue weighted by Gasteiger charge is -2.36. The van der Waals surface area contributed by atoms with Gasteiger partial charge >= 0.3 is 0 Å². The number of nitrogens with zero attached hydrogens (tertiary/aromatic N) is 1. The van der Waals surface area contributed by atoms with E-state index >= 15 is 0 Å². The summed E-state index contributed by atoms with van der Waals surface area (Å²) in [6.45, 7) is 0. The van der Waals surface area contributed by atoms with E-state index in [9.17, 15) is 5.11 Å². The lowest BCUT2D eigenvalue weighted by Crippen LogP contribution is -2.31. The van der Waals surface area contributed by atoms with Gasteiger partial charge in [-0.25, -0.2) is 0 Å². The highest BCUT2D eigenvalue weighted by molar-refractivity contribution is 5.20. The molecule has 0 radical (unpaired) electrons. The molecule has 17 heavy (non-hydrogen) atoms. The summed E-state index contributed by atoms with van der Waals surface area (Å²) in [5, 5.41) is 9.60. The van der Waals surface area contributed by atoms with Crippen molar-refractivity contribution in [1.82, 2.24) is 4.90 Å². The molecule has 0 saturated heterocycles. The Labute approximate surface area is 104 Å². The Hall–Kier alpha value is -0.860. The fourth-order valence-corrected chi connectivity index (χ4v) is 3.06. The molecule has 94 valence electrons. The molecule has 1 saturated carbocycles. The van der Waals surface area contributed by atoms with Gasteiger partial charge in [-0.15, -0.1) is 0 Å². The Morgan fingerprint density at radius 2 is 1.65 bits per heavy atom. The molecule has 0 aliphatic heterocycles. The van der Waals surface area contributed by atoms with E-state index in [1.807, 2.05) is 0 Å². The summed E-state index contributed by atoms with van der Waals surface area (Å²) in [7, 11) is 4.31. The second-order valence-corrected chi connectivity index (χ2v) is 5.39. The van der Waals surface area contributed by atoms with Gasteiger partial charge in [-0.2, -0.15) is 0 Å². The number of aliphatic hydroxyl groups is 1. The van der Waals surface area contributed by atoms with E-state index in [1.54, 1.807) is 0 Å². The second kappa shape index (κ2) is 5.65. The van der Waals surface area contributed by atoms with E-state index in [1.165, 1.54) is 5.56 Å². The zero-order valence-corrected chi connectivity index (χ0v) is 10.8. The molecule has 2 nitrogen and oxygen atoms in total. The van der Waals surface area contributed by atoms with Gasteiger partial charge < -0.3 is 10.0 Å². The molecule has 1 unspecified atom stereocenters. The Morgan fingerprint density at radius 3 is 2.18 bits per heavy atom. The molecule has 1 aromatic carbocycles. The van der Waals surface area contributed by atoms with E-state index in [-0.39, 0.29) is 6.10 Å². The fraction of sp³-hybridized carbons (Fsp3) is 0.600. The standard InChI is InChI=1S/C15H23NO/c1-16(2)15(12-6-4-3-5-7-12)13-8-10-14(17)11-9-13/h3-7,13-15,17H,8-11H2,1-2H3. The van der Waals surface area contributed by atoms with E-state index in [2.05, 4.69) is 49.3 Å². The first kappa shape index (κ1) is 12.6. The van der Waals surface area contributed by atoms with Crippen LogP contribution >= 0.6 is 0 Å². The minimum absolute atomic E-state index is 0.0650. The molecule has 1 aliphatic rings. The molecule has 2 rings (SSSR count). The molecule has 1 aliphatic carbocycles. The van der Waals surface area contributed by atoms with Crippen molar-refractivity contribution in [2.24, 2.45) is 5.92 Å². The zero-order valence-electron chi connectivity index (χ0n) is 10.8. The van der Waals surface area contributed by atoms with Crippen LogP contribution in [0.25, 0.3) is 0 Å². The smallest absolute Gasteiger partial charge is 0.0540 e. The number of rotatable bonds is 3. The van der Waals surface area contributed by atoms with Crippen LogP contribution in [0.4, 0.5) is 0 Å². The predicted molar refractivity (Wildman–Crippen MR) is 70.8 cm³/mol. The highest BCUT2D eigenvalue weighted by Gasteiger charge is 2.28. The van der Waals surface area contributed by atoms with Crippen LogP contribution in [0.3, 0.4) is 0 Å². The maximum Gasteiger partial charge on any atom is 0.0540 e. The van der Waals surface area contributed by atoms with Crippen molar-refractivity contribution < 1.29 is 5.11 Å². The van der Waals surface area contributed by atoms with E-state index in [4.69, 9.17) is 0 Å². The van der Waals surface area contributed by atoms with Crippen LogP contribution < -0.4 is 0 Å². The van der Waals surface area contributed by atoms with E-state index in [0.717, 1.165) is 25.7 Å². The van der Waals surface area contributed by atoms with Crippen molar-refractivity contribution >= 4 is 0 Å². The first-order valence-electron chi connectivity index (χ1n) is 6.58. The Balaban J connectivity index is 2.13. The fourth-order valence-electron chi connectivity index (χ4n) is 3.06.